The lowest BCUT2D eigenvalue weighted by molar-refractivity contribution is -0.187. The zero-order chi connectivity index (χ0) is 17.2. The van der Waals surface area contributed by atoms with Crippen molar-refractivity contribution in [1.82, 2.24) is 9.88 Å². The maximum atomic E-state index is 13.0. The van der Waals surface area contributed by atoms with Crippen molar-refractivity contribution >= 4 is 11.9 Å². The lowest BCUT2D eigenvalue weighted by atomic mass is 9.96. The number of hydrogen-bond donors (Lipinski definition) is 1. The molecule has 1 amide bonds. The van der Waals surface area contributed by atoms with Crippen LogP contribution in [0, 0.1) is 11.8 Å². The Kier molecular flexibility index (Phi) is 4.76. The molecular weight excluding hydrogens is 317 g/mol. The minimum Gasteiger partial charge on any atom is -0.481 e. The van der Waals surface area contributed by atoms with Gasteiger partial charge in [0, 0.05) is 19.3 Å². The number of likely N-dealkylation sites (tertiary alicyclic amines) is 1. The fourth-order valence-corrected chi connectivity index (χ4v) is 2.53. The molecule has 0 aromatic carbocycles. The third kappa shape index (κ3) is 3.54. The van der Waals surface area contributed by atoms with Crippen LogP contribution in [0.25, 0.3) is 0 Å². The van der Waals surface area contributed by atoms with E-state index in [0.717, 1.165) is 4.90 Å². The predicted molar refractivity (Wildman–Crippen MR) is 72.0 cm³/mol. The maximum absolute atomic E-state index is 13.0. The Hall–Kier alpha value is -2.32. The van der Waals surface area contributed by atoms with Crippen LogP contribution in [0.5, 0.6) is 5.88 Å². The Bertz CT molecular complexity index is 606. The molecule has 2 atom stereocenters. The zero-order valence-electron chi connectivity index (χ0n) is 12.2. The van der Waals surface area contributed by atoms with E-state index in [0.29, 0.717) is 0 Å². The standard InChI is InChI=1S/C14H15F3N2O4/c1-2-23-11-8(4-3-5-18-11)12(20)19-6-9(13(21)22)10(7-19)14(15,16)17/h3-5,9-10H,2,6-7H2,1H3,(H,21,22)/t9-,10-/m1/s1. The topological polar surface area (TPSA) is 79.7 Å². The average molecular weight is 332 g/mol. The number of aromatic nitrogens is 1. The summed E-state index contributed by atoms with van der Waals surface area (Å²) in [5.41, 5.74) is 0.0151. The minimum absolute atomic E-state index is 0.0151. The number of ether oxygens (including phenoxy) is 1. The molecule has 0 aliphatic carbocycles. The molecule has 1 aromatic rings. The molecule has 0 saturated carbocycles. The predicted octanol–water partition coefficient (Wildman–Crippen LogP) is 1.82. The molecular formula is C14H15F3N2O4. The lowest BCUT2D eigenvalue weighted by Gasteiger charge is -2.19. The van der Waals surface area contributed by atoms with E-state index < -0.39 is 43.0 Å². The largest absolute Gasteiger partial charge is 0.481 e. The van der Waals surface area contributed by atoms with Gasteiger partial charge >= 0.3 is 12.1 Å². The maximum Gasteiger partial charge on any atom is 0.394 e. The number of carboxylic acid groups (broad SMARTS) is 1. The number of nitrogens with zero attached hydrogens (tertiary/aromatic N) is 2. The van der Waals surface area contributed by atoms with Crippen LogP contribution < -0.4 is 4.74 Å². The van der Waals surface area contributed by atoms with Gasteiger partial charge in [0.1, 0.15) is 5.56 Å². The first kappa shape index (κ1) is 17.0. The summed E-state index contributed by atoms with van der Waals surface area (Å²) in [7, 11) is 0. The van der Waals surface area contributed by atoms with Crippen LogP contribution in [-0.4, -0.2) is 52.7 Å². The molecule has 126 valence electrons. The summed E-state index contributed by atoms with van der Waals surface area (Å²) >= 11 is 0. The van der Waals surface area contributed by atoms with Gasteiger partial charge in [-0.2, -0.15) is 13.2 Å². The van der Waals surface area contributed by atoms with Crippen LogP contribution >= 0.6 is 0 Å². The number of amides is 1. The van der Waals surface area contributed by atoms with Crippen LogP contribution in [0.4, 0.5) is 13.2 Å². The molecule has 1 fully saturated rings. The van der Waals surface area contributed by atoms with Crippen LogP contribution in [-0.2, 0) is 4.79 Å². The minimum atomic E-state index is -4.68. The smallest absolute Gasteiger partial charge is 0.394 e. The van der Waals surface area contributed by atoms with E-state index in [-0.39, 0.29) is 18.1 Å². The van der Waals surface area contributed by atoms with Gasteiger partial charge in [0.25, 0.3) is 5.91 Å². The summed E-state index contributed by atoms with van der Waals surface area (Å²) in [5, 5.41) is 8.98. The average Bonchev–Trinajstić information content (AvgIpc) is 2.93. The number of carbonyl (C=O) groups excluding carboxylic acids is 1. The molecule has 1 aliphatic rings. The highest BCUT2D eigenvalue weighted by atomic mass is 19.4. The Morgan fingerprint density at radius 3 is 2.65 bits per heavy atom. The second-order valence-electron chi connectivity index (χ2n) is 5.09. The SMILES string of the molecule is CCOc1ncccc1C(=O)N1C[C@@H](C(F)(F)F)[C@H](C(=O)O)C1. The Labute approximate surface area is 129 Å². The molecule has 23 heavy (non-hydrogen) atoms. The molecule has 1 aliphatic heterocycles. The molecule has 1 saturated heterocycles. The first-order valence-corrected chi connectivity index (χ1v) is 6.92. The van der Waals surface area contributed by atoms with Gasteiger partial charge in [0.15, 0.2) is 0 Å². The van der Waals surface area contributed by atoms with Gasteiger partial charge < -0.3 is 14.7 Å². The molecule has 2 heterocycles. The van der Waals surface area contributed by atoms with E-state index in [9.17, 15) is 22.8 Å². The summed E-state index contributed by atoms with van der Waals surface area (Å²) in [6, 6.07) is 2.85. The molecule has 1 aromatic heterocycles. The summed E-state index contributed by atoms with van der Waals surface area (Å²) in [4.78, 5) is 28.2. The molecule has 9 heteroatoms. The second-order valence-corrected chi connectivity index (χ2v) is 5.09. The van der Waals surface area contributed by atoms with E-state index in [1.807, 2.05) is 0 Å². The lowest BCUT2D eigenvalue weighted by Crippen LogP contribution is -2.34. The molecule has 6 nitrogen and oxygen atoms in total. The number of carboxylic acids is 1. The fraction of sp³-hybridized carbons (Fsp3) is 0.500. The normalized spacial score (nSPS) is 21.3. The molecule has 0 radical (unpaired) electrons. The first-order valence-electron chi connectivity index (χ1n) is 6.92. The van der Waals surface area contributed by atoms with Crippen molar-refractivity contribution in [1.29, 1.82) is 0 Å². The van der Waals surface area contributed by atoms with Crippen LogP contribution in [0.1, 0.15) is 17.3 Å². The second kappa shape index (κ2) is 6.43. The van der Waals surface area contributed by atoms with Crippen LogP contribution in [0.2, 0.25) is 0 Å². The summed E-state index contributed by atoms with van der Waals surface area (Å²) in [6.07, 6.45) is -3.29. The van der Waals surface area contributed by atoms with Crippen molar-refractivity contribution in [3.05, 3.63) is 23.9 Å². The third-order valence-corrected chi connectivity index (χ3v) is 3.63. The van der Waals surface area contributed by atoms with E-state index in [1.165, 1.54) is 18.3 Å². The molecule has 1 N–H and O–H groups in total. The van der Waals surface area contributed by atoms with Gasteiger partial charge in [-0.1, -0.05) is 0 Å². The number of halogens is 3. The van der Waals surface area contributed by atoms with E-state index in [2.05, 4.69) is 4.98 Å². The summed E-state index contributed by atoms with van der Waals surface area (Å²) < 4.78 is 44.1. The van der Waals surface area contributed by atoms with Crippen molar-refractivity contribution in [2.24, 2.45) is 11.8 Å². The Morgan fingerprint density at radius 2 is 2.13 bits per heavy atom. The Balaban J connectivity index is 2.26. The number of aliphatic carboxylic acids is 1. The van der Waals surface area contributed by atoms with E-state index >= 15 is 0 Å². The van der Waals surface area contributed by atoms with Gasteiger partial charge in [-0.15, -0.1) is 0 Å². The molecule has 0 spiro atoms. The third-order valence-electron chi connectivity index (χ3n) is 3.63. The van der Waals surface area contributed by atoms with Gasteiger partial charge in [0.2, 0.25) is 5.88 Å². The molecule has 0 unspecified atom stereocenters. The van der Waals surface area contributed by atoms with Crippen molar-refractivity contribution in [2.45, 2.75) is 13.1 Å². The van der Waals surface area contributed by atoms with Gasteiger partial charge in [-0.25, -0.2) is 4.98 Å². The van der Waals surface area contributed by atoms with Crippen molar-refractivity contribution < 1.29 is 32.6 Å². The van der Waals surface area contributed by atoms with Gasteiger partial charge in [-0.05, 0) is 19.1 Å². The Morgan fingerprint density at radius 1 is 1.43 bits per heavy atom. The van der Waals surface area contributed by atoms with Crippen molar-refractivity contribution in [3.8, 4) is 5.88 Å². The van der Waals surface area contributed by atoms with Gasteiger partial charge in [-0.3, -0.25) is 9.59 Å². The van der Waals surface area contributed by atoms with E-state index in [1.54, 1.807) is 6.92 Å². The number of alkyl halides is 3. The number of hydrogen-bond acceptors (Lipinski definition) is 4. The van der Waals surface area contributed by atoms with Crippen molar-refractivity contribution in [3.63, 3.8) is 0 Å². The van der Waals surface area contributed by atoms with Gasteiger partial charge in [0.05, 0.1) is 18.4 Å². The highest BCUT2D eigenvalue weighted by Crippen LogP contribution is 2.38. The number of pyridine rings is 1. The number of carbonyl (C=O) groups is 2. The highest BCUT2D eigenvalue weighted by molar-refractivity contribution is 5.97. The zero-order valence-corrected chi connectivity index (χ0v) is 12.2. The van der Waals surface area contributed by atoms with E-state index in [4.69, 9.17) is 9.84 Å². The van der Waals surface area contributed by atoms with Crippen LogP contribution in [0.3, 0.4) is 0 Å². The highest BCUT2D eigenvalue weighted by Gasteiger charge is 2.53. The first-order chi connectivity index (χ1) is 10.8. The van der Waals surface area contributed by atoms with Crippen LogP contribution in [0.15, 0.2) is 18.3 Å². The molecule has 2 rings (SSSR count). The number of rotatable bonds is 4. The van der Waals surface area contributed by atoms with Crippen molar-refractivity contribution in [2.75, 3.05) is 19.7 Å². The summed E-state index contributed by atoms with van der Waals surface area (Å²) in [5.74, 6) is -6.04. The molecule has 0 bridgehead atoms. The monoisotopic (exact) mass is 332 g/mol. The quantitative estimate of drug-likeness (QED) is 0.910. The fourth-order valence-electron chi connectivity index (χ4n) is 2.53. The summed E-state index contributed by atoms with van der Waals surface area (Å²) in [6.45, 7) is 0.720.